The van der Waals surface area contributed by atoms with Crippen LogP contribution >= 0.6 is 11.3 Å². The number of nitrogens with two attached hydrogens (primary N) is 1. The molecule has 0 bridgehead atoms. The number of hydrogen-bond acceptors (Lipinski definition) is 8. The molecule has 0 saturated carbocycles. The molecule has 12 heteroatoms. The van der Waals surface area contributed by atoms with E-state index in [2.05, 4.69) is 15.0 Å². The summed E-state index contributed by atoms with van der Waals surface area (Å²) in [6.07, 6.45) is 2.40. The van der Waals surface area contributed by atoms with Crippen molar-refractivity contribution in [2.24, 2.45) is 0 Å². The summed E-state index contributed by atoms with van der Waals surface area (Å²) < 4.78 is 31.1. The lowest BCUT2D eigenvalue weighted by Crippen LogP contribution is -2.23. The van der Waals surface area contributed by atoms with Crippen molar-refractivity contribution in [3.8, 4) is 21.7 Å². The predicted octanol–water partition coefficient (Wildman–Crippen LogP) is 4.71. The van der Waals surface area contributed by atoms with E-state index in [1.165, 1.54) is 48.0 Å². The zero-order valence-electron chi connectivity index (χ0n) is 20.5. The number of pyridine rings is 1. The van der Waals surface area contributed by atoms with Gasteiger partial charge in [-0.15, -0.1) is 11.3 Å². The Morgan fingerprint density at radius 3 is 2.61 bits per heavy atom. The Hall–Kier alpha value is -4.58. The van der Waals surface area contributed by atoms with Crippen LogP contribution in [0.5, 0.6) is 0 Å². The lowest BCUT2D eigenvalue weighted by atomic mass is 10.0. The molecule has 0 amide bonds. The van der Waals surface area contributed by atoms with Gasteiger partial charge in [0.15, 0.2) is 5.65 Å². The summed E-state index contributed by atoms with van der Waals surface area (Å²) in [5, 5.41) is 6.29. The monoisotopic (exact) mass is 530 g/mol. The molecule has 0 aliphatic carbocycles. The quantitative estimate of drug-likeness (QED) is 0.351. The van der Waals surface area contributed by atoms with Gasteiger partial charge in [-0.25, -0.2) is 33.4 Å². The average Bonchev–Trinajstić information content (AvgIpc) is 3.43. The van der Waals surface area contributed by atoms with Gasteiger partial charge >= 0.3 is 0 Å². The highest BCUT2D eigenvalue weighted by Gasteiger charge is 2.27. The molecule has 0 spiro atoms. The van der Waals surface area contributed by atoms with E-state index in [1.54, 1.807) is 10.7 Å². The molecule has 5 aromatic heterocycles. The first-order valence-corrected chi connectivity index (χ1v) is 12.5. The molecule has 0 saturated heterocycles. The predicted molar refractivity (Wildman–Crippen MR) is 141 cm³/mol. The van der Waals surface area contributed by atoms with E-state index in [4.69, 9.17) is 15.8 Å². The smallest absolute Gasteiger partial charge is 0.266 e. The van der Waals surface area contributed by atoms with Crippen LogP contribution in [0.2, 0.25) is 0 Å². The standard InChI is InChI=1S/C26H20F2N8OS/c1-12-23(38-14(3)32-12)22-20-24(29)30-11-31-25(20)36(34-22)13(2)21-19(15-5-4-6-16(27)9-15)26(37)35-10-17(28)7-8-18(35)33-21/h4-11,13H,1-3H3,(H2,29,30,31)/t13-/m0/s1. The summed E-state index contributed by atoms with van der Waals surface area (Å²) in [5.74, 6) is -0.869. The van der Waals surface area contributed by atoms with E-state index in [0.29, 0.717) is 28.0 Å². The Labute approximate surface area is 218 Å². The molecule has 2 N–H and O–H groups in total. The summed E-state index contributed by atoms with van der Waals surface area (Å²) in [4.78, 5) is 32.4. The molecule has 0 aliphatic heterocycles. The van der Waals surface area contributed by atoms with Crippen molar-refractivity contribution in [1.29, 1.82) is 0 Å². The molecule has 6 aromatic rings. The second-order valence-electron chi connectivity index (χ2n) is 8.84. The zero-order valence-corrected chi connectivity index (χ0v) is 21.3. The molecule has 6 rings (SSSR count). The van der Waals surface area contributed by atoms with Crippen LogP contribution in [-0.2, 0) is 0 Å². The fourth-order valence-corrected chi connectivity index (χ4v) is 5.55. The Morgan fingerprint density at radius 2 is 1.87 bits per heavy atom. The number of benzene rings is 1. The Balaban J connectivity index is 1.66. The maximum absolute atomic E-state index is 14.3. The molecule has 0 unspecified atom stereocenters. The maximum Gasteiger partial charge on any atom is 0.266 e. The van der Waals surface area contributed by atoms with Gasteiger partial charge in [-0.1, -0.05) is 12.1 Å². The maximum atomic E-state index is 14.3. The molecule has 1 aromatic carbocycles. The van der Waals surface area contributed by atoms with Crippen LogP contribution in [0.4, 0.5) is 14.6 Å². The number of halogens is 2. The van der Waals surface area contributed by atoms with Crippen LogP contribution in [0.1, 0.15) is 29.4 Å². The van der Waals surface area contributed by atoms with E-state index in [1.807, 2.05) is 20.8 Å². The van der Waals surface area contributed by atoms with E-state index in [0.717, 1.165) is 26.2 Å². The topological polar surface area (TPSA) is 117 Å². The Kier molecular flexibility index (Phi) is 5.49. The molecule has 0 aliphatic rings. The molecule has 1 atom stereocenters. The van der Waals surface area contributed by atoms with Crippen molar-refractivity contribution in [2.45, 2.75) is 26.8 Å². The van der Waals surface area contributed by atoms with Crippen LogP contribution in [0, 0.1) is 25.5 Å². The lowest BCUT2D eigenvalue weighted by molar-refractivity contribution is 0.566. The molecular formula is C26H20F2N8OS. The van der Waals surface area contributed by atoms with Crippen molar-refractivity contribution < 1.29 is 8.78 Å². The normalized spacial score (nSPS) is 12.4. The van der Waals surface area contributed by atoms with Crippen LogP contribution in [0.15, 0.2) is 53.7 Å². The number of aryl methyl sites for hydroxylation is 2. The first-order valence-electron chi connectivity index (χ1n) is 11.6. The molecule has 9 nitrogen and oxygen atoms in total. The molecule has 190 valence electrons. The van der Waals surface area contributed by atoms with Crippen molar-refractivity contribution in [2.75, 3.05) is 5.73 Å². The van der Waals surface area contributed by atoms with Gasteiger partial charge in [0.05, 0.1) is 38.3 Å². The summed E-state index contributed by atoms with van der Waals surface area (Å²) in [6.45, 7) is 5.60. The molecular weight excluding hydrogens is 510 g/mol. The third-order valence-electron chi connectivity index (χ3n) is 6.33. The first-order chi connectivity index (χ1) is 18.2. The highest BCUT2D eigenvalue weighted by molar-refractivity contribution is 7.15. The van der Waals surface area contributed by atoms with Crippen molar-refractivity contribution in [3.63, 3.8) is 0 Å². The summed E-state index contributed by atoms with van der Waals surface area (Å²) >= 11 is 1.47. The zero-order chi connectivity index (χ0) is 26.7. The lowest BCUT2D eigenvalue weighted by Gasteiger charge is -2.18. The van der Waals surface area contributed by atoms with Gasteiger partial charge in [0.2, 0.25) is 0 Å². The van der Waals surface area contributed by atoms with E-state index >= 15 is 0 Å². The number of nitrogens with zero attached hydrogens (tertiary/aromatic N) is 7. The number of fused-ring (bicyclic) bond motifs is 2. The SMILES string of the molecule is Cc1nc(C)c(-c2nn([C@@H](C)c3nc4ccc(F)cn4c(=O)c3-c3cccc(F)c3)c3ncnc(N)c23)s1. The van der Waals surface area contributed by atoms with Gasteiger partial charge in [0.25, 0.3) is 5.56 Å². The third kappa shape index (κ3) is 3.72. The highest BCUT2D eigenvalue weighted by atomic mass is 32.1. The molecule has 0 radical (unpaired) electrons. The van der Waals surface area contributed by atoms with Gasteiger partial charge < -0.3 is 5.73 Å². The minimum atomic E-state index is -0.657. The molecule has 5 heterocycles. The second-order valence-corrected chi connectivity index (χ2v) is 10.0. The number of hydrogen-bond donors (Lipinski definition) is 1. The third-order valence-corrected chi connectivity index (χ3v) is 7.41. The average molecular weight is 531 g/mol. The molecule has 38 heavy (non-hydrogen) atoms. The summed E-state index contributed by atoms with van der Waals surface area (Å²) in [5.41, 5.74) is 8.53. The van der Waals surface area contributed by atoms with Gasteiger partial charge in [-0.05, 0) is 50.6 Å². The minimum absolute atomic E-state index is 0.122. The number of aromatic nitrogens is 7. The van der Waals surface area contributed by atoms with Gasteiger partial charge in [-0.3, -0.25) is 9.20 Å². The van der Waals surface area contributed by atoms with E-state index < -0.39 is 23.2 Å². The second kappa shape index (κ2) is 8.77. The molecule has 0 fully saturated rings. The van der Waals surface area contributed by atoms with E-state index in [9.17, 15) is 13.6 Å². The largest absolute Gasteiger partial charge is 0.383 e. The highest BCUT2D eigenvalue weighted by Crippen LogP contribution is 2.38. The van der Waals surface area contributed by atoms with Gasteiger partial charge in [0.1, 0.15) is 35.1 Å². The van der Waals surface area contributed by atoms with Gasteiger partial charge in [-0.2, -0.15) is 5.10 Å². The van der Waals surface area contributed by atoms with Crippen molar-refractivity contribution >= 4 is 33.8 Å². The van der Waals surface area contributed by atoms with Gasteiger partial charge in [0, 0.05) is 6.20 Å². The minimum Gasteiger partial charge on any atom is -0.383 e. The summed E-state index contributed by atoms with van der Waals surface area (Å²) in [6, 6.07) is 7.63. The Bertz CT molecular complexity index is 1940. The van der Waals surface area contributed by atoms with Crippen molar-refractivity contribution in [3.05, 3.63) is 87.3 Å². The van der Waals surface area contributed by atoms with Crippen LogP contribution in [0.3, 0.4) is 0 Å². The number of nitrogen functional groups attached to an aromatic ring is 1. The Morgan fingerprint density at radius 1 is 1.05 bits per heavy atom. The van der Waals surface area contributed by atoms with Crippen molar-refractivity contribution in [1.82, 2.24) is 34.1 Å². The van der Waals surface area contributed by atoms with Crippen LogP contribution < -0.4 is 11.3 Å². The number of rotatable bonds is 4. The van der Waals surface area contributed by atoms with E-state index in [-0.39, 0.29) is 17.0 Å². The number of anilines is 1. The fourth-order valence-electron chi connectivity index (χ4n) is 4.64. The first kappa shape index (κ1) is 23.8. The fraction of sp³-hybridized carbons (Fsp3) is 0.154. The van der Waals surface area contributed by atoms with Crippen LogP contribution in [0.25, 0.3) is 38.4 Å². The summed E-state index contributed by atoms with van der Waals surface area (Å²) in [7, 11) is 0. The number of thiazole rings is 1. The van der Waals surface area contributed by atoms with Crippen LogP contribution in [-0.4, -0.2) is 34.1 Å².